The molecule has 0 spiro atoms. The highest BCUT2D eigenvalue weighted by atomic mass is 16.5. The Bertz CT molecular complexity index is 1390. The molecule has 31 heavy (non-hydrogen) atoms. The Morgan fingerprint density at radius 1 is 1.06 bits per heavy atom. The average molecular weight is 411 g/mol. The molecule has 0 bridgehead atoms. The van der Waals surface area contributed by atoms with Crippen molar-refractivity contribution in [2.45, 2.75) is 6.61 Å². The molecule has 5 rings (SSSR count). The van der Waals surface area contributed by atoms with Crippen LogP contribution in [0, 0.1) is 0 Å². The maximum atomic E-state index is 12.9. The molecule has 7 nitrogen and oxygen atoms in total. The van der Waals surface area contributed by atoms with E-state index in [1.807, 2.05) is 24.4 Å². The van der Waals surface area contributed by atoms with Crippen LogP contribution < -0.4 is 10.2 Å². The summed E-state index contributed by atoms with van der Waals surface area (Å²) in [5, 5.41) is 14.1. The molecule has 0 unspecified atom stereocenters. The molecule has 0 fully saturated rings. The predicted molar refractivity (Wildman–Crippen MR) is 115 cm³/mol. The monoisotopic (exact) mass is 411 g/mol. The van der Waals surface area contributed by atoms with Crippen LogP contribution in [-0.2, 0) is 6.61 Å². The van der Waals surface area contributed by atoms with Crippen LogP contribution >= 0.6 is 0 Å². The molecule has 0 aliphatic heterocycles. The van der Waals surface area contributed by atoms with Gasteiger partial charge in [0.25, 0.3) is 0 Å². The number of nitrogens with zero attached hydrogens (tertiary/aromatic N) is 3. The number of phenolic OH excluding ortho intramolecular Hbond substituents is 1. The zero-order valence-corrected chi connectivity index (χ0v) is 16.3. The number of rotatable bonds is 5. The van der Waals surface area contributed by atoms with Crippen molar-refractivity contribution in [3.63, 3.8) is 0 Å². The van der Waals surface area contributed by atoms with Crippen molar-refractivity contribution in [1.29, 1.82) is 0 Å². The summed E-state index contributed by atoms with van der Waals surface area (Å²) in [6, 6.07) is 17.2. The number of pyridine rings is 1. The van der Waals surface area contributed by atoms with Crippen LogP contribution in [0.1, 0.15) is 5.56 Å². The van der Waals surface area contributed by atoms with Crippen LogP contribution in [0.3, 0.4) is 0 Å². The molecular formula is C24H17N3O4. The Kier molecular flexibility index (Phi) is 4.68. The average Bonchev–Trinajstić information content (AvgIpc) is 3.34. The molecular weight excluding hydrogens is 394 g/mol. The summed E-state index contributed by atoms with van der Waals surface area (Å²) in [6.45, 7) is 0.327. The van der Waals surface area contributed by atoms with Crippen LogP contribution in [0.5, 0.6) is 11.5 Å². The lowest BCUT2D eigenvalue weighted by atomic mass is 10.1. The van der Waals surface area contributed by atoms with Crippen molar-refractivity contribution in [3.8, 4) is 28.4 Å². The fourth-order valence-corrected chi connectivity index (χ4v) is 3.25. The van der Waals surface area contributed by atoms with Gasteiger partial charge in [-0.3, -0.25) is 4.79 Å². The molecule has 0 atom stereocenters. The first-order chi connectivity index (χ1) is 15.2. The molecule has 2 aromatic carbocycles. The maximum absolute atomic E-state index is 12.9. The minimum absolute atomic E-state index is 0.141. The van der Waals surface area contributed by atoms with Gasteiger partial charge in [0, 0.05) is 30.2 Å². The largest absolute Gasteiger partial charge is 0.508 e. The van der Waals surface area contributed by atoms with Gasteiger partial charge >= 0.3 is 0 Å². The van der Waals surface area contributed by atoms with Crippen molar-refractivity contribution in [2.75, 3.05) is 0 Å². The Balaban J connectivity index is 1.35. The number of hydrogen-bond acceptors (Lipinski definition) is 6. The Morgan fingerprint density at radius 2 is 1.94 bits per heavy atom. The highest BCUT2D eigenvalue weighted by Gasteiger charge is 2.10. The van der Waals surface area contributed by atoms with Gasteiger partial charge in [-0.2, -0.15) is 5.10 Å². The minimum atomic E-state index is -0.142. The molecule has 7 heteroatoms. The number of aromatic hydroxyl groups is 1. The normalized spacial score (nSPS) is 11.0. The van der Waals surface area contributed by atoms with Crippen LogP contribution in [0.2, 0.25) is 0 Å². The highest BCUT2D eigenvalue weighted by Crippen LogP contribution is 2.24. The third-order valence-corrected chi connectivity index (χ3v) is 4.88. The van der Waals surface area contributed by atoms with Gasteiger partial charge in [0.2, 0.25) is 0 Å². The second kappa shape index (κ2) is 7.79. The molecule has 5 aromatic rings. The van der Waals surface area contributed by atoms with Crippen LogP contribution in [0.25, 0.3) is 27.9 Å². The topological polar surface area (TPSA) is 90.4 Å². The number of aromatic nitrogens is 3. The molecule has 0 aliphatic carbocycles. The summed E-state index contributed by atoms with van der Waals surface area (Å²) < 4.78 is 13.2. The predicted octanol–water partition coefficient (Wildman–Crippen LogP) is 4.33. The summed E-state index contributed by atoms with van der Waals surface area (Å²) >= 11 is 0. The third-order valence-electron chi connectivity index (χ3n) is 4.88. The van der Waals surface area contributed by atoms with E-state index in [-0.39, 0.29) is 11.2 Å². The minimum Gasteiger partial charge on any atom is -0.508 e. The van der Waals surface area contributed by atoms with E-state index < -0.39 is 0 Å². The van der Waals surface area contributed by atoms with Crippen LogP contribution in [0.15, 0.2) is 94.7 Å². The molecule has 1 N–H and O–H groups in total. The maximum Gasteiger partial charge on any atom is 0.200 e. The van der Waals surface area contributed by atoms with E-state index in [0.29, 0.717) is 34.5 Å². The number of hydrogen-bond donors (Lipinski definition) is 1. The lowest BCUT2D eigenvalue weighted by molar-refractivity contribution is 0.305. The van der Waals surface area contributed by atoms with Gasteiger partial charge in [0.05, 0.1) is 10.9 Å². The molecule has 152 valence electrons. The summed E-state index contributed by atoms with van der Waals surface area (Å²) in [6.07, 6.45) is 6.69. The summed E-state index contributed by atoms with van der Waals surface area (Å²) in [5.41, 5.74) is 2.32. The van der Waals surface area contributed by atoms with E-state index in [1.54, 1.807) is 47.4 Å². The molecule has 0 saturated heterocycles. The first kappa shape index (κ1) is 18.6. The zero-order valence-electron chi connectivity index (χ0n) is 16.3. The van der Waals surface area contributed by atoms with E-state index in [9.17, 15) is 9.90 Å². The lowest BCUT2D eigenvalue weighted by Gasteiger charge is -2.08. The summed E-state index contributed by atoms with van der Waals surface area (Å²) in [5.74, 6) is 1.46. The molecule has 3 aromatic heterocycles. The van der Waals surface area contributed by atoms with Crippen molar-refractivity contribution in [1.82, 2.24) is 14.8 Å². The molecule has 3 heterocycles. The third kappa shape index (κ3) is 3.76. The van der Waals surface area contributed by atoms with Gasteiger partial charge in [-0.1, -0.05) is 18.2 Å². The molecule has 0 aliphatic rings. The summed E-state index contributed by atoms with van der Waals surface area (Å²) in [4.78, 5) is 17.2. The van der Waals surface area contributed by atoms with E-state index >= 15 is 0 Å². The lowest BCUT2D eigenvalue weighted by Crippen LogP contribution is -2.05. The summed E-state index contributed by atoms with van der Waals surface area (Å²) in [7, 11) is 0. The van der Waals surface area contributed by atoms with Crippen molar-refractivity contribution >= 4 is 11.0 Å². The molecule has 0 amide bonds. The number of phenols is 1. The second-order valence-electron chi connectivity index (χ2n) is 6.95. The number of fused-ring (bicyclic) bond motifs is 1. The SMILES string of the molecule is O=c1c(-c2ccc(O)cc2)coc2cc(OCc3ccc(-n4cccn4)nc3)ccc12. The fourth-order valence-electron chi connectivity index (χ4n) is 3.25. The zero-order chi connectivity index (χ0) is 21.2. The first-order valence-corrected chi connectivity index (χ1v) is 9.60. The van der Waals surface area contributed by atoms with Crippen LogP contribution in [-0.4, -0.2) is 19.9 Å². The molecule has 0 saturated carbocycles. The van der Waals surface area contributed by atoms with Crippen molar-refractivity contribution < 1.29 is 14.3 Å². The Hall–Kier alpha value is -4.39. The standard InChI is InChI=1S/C24H17N3O4/c28-18-5-3-17(4-6-18)21-15-31-22-12-19(7-8-20(22)24(21)29)30-14-16-2-9-23(25-13-16)27-11-1-10-26-27/h1-13,15,28H,14H2. The smallest absolute Gasteiger partial charge is 0.200 e. The number of benzene rings is 2. The van der Waals surface area contributed by atoms with Gasteiger partial charge in [0.1, 0.15) is 30.0 Å². The van der Waals surface area contributed by atoms with E-state index in [2.05, 4.69) is 10.1 Å². The fraction of sp³-hybridized carbons (Fsp3) is 0.0417. The van der Waals surface area contributed by atoms with Gasteiger partial charge in [-0.05, 0) is 42.0 Å². The van der Waals surface area contributed by atoms with Crippen LogP contribution in [0.4, 0.5) is 0 Å². The molecule has 0 radical (unpaired) electrons. The van der Waals surface area contributed by atoms with Crippen molar-refractivity contribution in [3.05, 3.63) is 101 Å². The van der Waals surface area contributed by atoms with Crippen molar-refractivity contribution in [2.24, 2.45) is 0 Å². The first-order valence-electron chi connectivity index (χ1n) is 9.60. The van der Waals surface area contributed by atoms with Gasteiger partial charge in [-0.15, -0.1) is 0 Å². The highest BCUT2D eigenvalue weighted by molar-refractivity contribution is 5.82. The van der Waals surface area contributed by atoms with E-state index in [0.717, 1.165) is 11.4 Å². The number of ether oxygens (including phenoxy) is 1. The van der Waals surface area contributed by atoms with Gasteiger partial charge < -0.3 is 14.3 Å². The van der Waals surface area contributed by atoms with Gasteiger partial charge in [0.15, 0.2) is 11.2 Å². The Morgan fingerprint density at radius 3 is 2.68 bits per heavy atom. The quantitative estimate of drug-likeness (QED) is 0.463. The van der Waals surface area contributed by atoms with E-state index in [1.165, 1.54) is 18.4 Å². The van der Waals surface area contributed by atoms with Gasteiger partial charge in [-0.25, -0.2) is 9.67 Å². The Labute approximate surface area is 176 Å². The second-order valence-corrected chi connectivity index (χ2v) is 6.95. The van der Waals surface area contributed by atoms with E-state index in [4.69, 9.17) is 9.15 Å².